The van der Waals surface area contributed by atoms with Crippen molar-refractivity contribution in [2.45, 2.75) is 13.8 Å². The third-order valence-corrected chi connectivity index (χ3v) is 6.14. The zero-order valence-electron chi connectivity index (χ0n) is 18.2. The number of aryl methyl sites for hydroxylation is 1. The number of amidine groups is 1. The van der Waals surface area contributed by atoms with E-state index in [4.69, 9.17) is 9.52 Å². The van der Waals surface area contributed by atoms with E-state index < -0.39 is 10.9 Å². The molecule has 34 heavy (non-hydrogen) atoms. The van der Waals surface area contributed by atoms with Crippen molar-refractivity contribution in [1.29, 1.82) is 0 Å². The van der Waals surface area contributed by atoms with Gasteiger partial charge in [0.25, 0.3) is 11.6 Å². The molecule has 0 aliphatic carbocycles. The zero-order chi connectivity index (χ0) is 24.4. The number of likely N-dealkylation sites (N-methyl/N-ethyl adjacent to an activating group) is 1. The van der Waals surface area contributed by atoms with Crippen molar-refractivity contribution in [1.82, 2.24) is 4.90 Å². The first-order valence-electron chi connectivity index (χ1n) is 10.3. The Morgan fingerprint density at radius 2 is 1.94 bits per heavy atom. The molecular weight excluding hydrogens is 458 g/mol. The number of nitro groups is 1. The molecule has 2 heterocycles. The fraction of sp³-hybridized carbons (Fsp3) is 0.125. The largest absolute Gasteiger partial charge is 0.478 e. The number of furan rings is 1. The number of hydrogen-bond donors (Lipinski definition) is 1. The minimum absolute atomic E-state index is 0.00570. The van der Waals surface area contributed by atoms with Gasteiger partial charge in [-0.05, 0) is 62.0 Å². The molecule has 10 heteroatoms. The molecule has 0 bridgehead atoms. The number of hydrogen-bond acceptors (Lipinski definition) is 7. The second kappa shape index (κ2) is 9.36. The molecule has 1 fully saturated rings. The lowest BCUT2D eigenvalue weighted by atomic mass is 10.1. The van der Waals surface area contributed by atoms with Crippen molar-refractivity contribution >= 4 is 46.3 Å². The van der Waals surface area contributed by atoms with Crippen LogP contribution in [-0.4, -0.2) is 38.5 Å². The lowest BCUT2D eigenvalue weighted by molar-refractivity contribution is -0.385. The zero-order valence-corrected chi connectivity index (χ0v) is 19.0. The van der Waals surface area contributed by atoms with Gasteiger partial charge in [-0.1, -0.05) is 12.1 Å². The summed E-state index contributed by atoms with van der Waals surface area (Å²) in [7, 11) is 0. The lowest BCUT2D eigenvalue weighted by Gasteiger charge is -2.11. The predicted octanol–water partition coefficient (Wildman–Crippen LogP) is 5.49. The molecule has 1 amide bonds. The summed E-state index contributed by atoms with van der Waals surface area (Å²) in [6.07, 6.45) is 1.61. The van der Waals surface area contributed by atoms with Crippen LogP contribution in [0, 0.1) is 17.0 Å². The average molecular weight is 477 g/mol. The van der Waals surface area contributed by atoms with Gasteiger partial charge in [-0.25, -0.2) is 9.79 Å². The van der Waals surface area contributed by atoms with Gasteiger partial charge >= 0.3 is 5.97 Å². The van der Waals surface area contributed by atoms with Crippen LogP contribution in [0.15, 0.2) is 68.9 Å². The Hall–Kier alpha value is -4.18. The fourth-order valence-electron chi connectivity index (χ4n) is 3.33. The van der Waals surface area contributed by atoms with E-state index in [1.807, 2.05) is 6.92 Å². The van der Waals surface area contributed by atoms with Gasteiger partial charge < -0.3 is 9.52 Å². The van der Waals surface area contributed by atoms with Gasteiger partial charge in [0.15, 0.2) is 5.17 Å². The van der Waals surface area contributed by atoms with Crippen molar-refractivity contribution in [3.8, 4) is 11.3 Å². The standard InChI is InChI=1S/C24H19N3O6S/c1-3-26-22(28)21(34-24(26)25-17-8-6-15(7-9-17)23(29)30)13-18-10-11-20(33-18)16-5-4-14(2)19(12-16)27(31)32/h4-13H,3H2,1-2H3,(H,29,30)/b21-13+,25-24?. The molecule has 2 aromatic carbocycles. The number of amides is 1. The number of rotatable bonds is 6. The minimum atomic E-state index is -1.02. The van der Waals surface area contributed by atoms with Gasteiger partial charge in [0.1, 0.15) is 11.5 Å². The molecule has 1 saturated heterocycles. The number of nitrogens with zero attached hydrogens (tertiary/aromatic N) is 3. The highest BCUT2D eigenvalue weighted by Gasteiger charge is 2.32. The summed E-state index contributed by atoms with van der Waals surface area (Å²) in [5.74, 6) is -0.372. The van der Waals surface area contributed by atoms with E-state index >= 15 is 0 Å². The van der Waals surface area contributed by atoms with Crippen LogP contribution in [0.25, 0.3) is 17.4 Å². The number of nitro benzene ring substituents is 1. The molecule has 4 rings (SSSR count). The number of thioether (sulfide) groups is 1. The van der Waals surface area contributed by atoms with Gasteiger partial charge in [-0.2, -0.15) is 0 Å². The Morgan fingerprint density at radius 3 is 2.59 bits per heavy atom. The number of carbonyl (C=O) groups is 2. The lowest BCUT2D eigenvalue weighted by Crippen LogP contribution is -2.28. The van der Waals surface area contributed by atoms with Gasteiger partial charge in [-0.3, -0.25) is 19.8 Å². The molecule has 0 radical (unpaired) electrons. The van der Waals surface area contributed by atoms with Crippen molar-refractivity contribution in [2.24, 2.45) is 4.99 Å². The van der Waals surface area contributed by atoms with Gasteiger partial charge in [-0.15, -0.1) is 0 Å². The van der Waals surface area contributed by atoms with Crippen LogP contribution < -0.4 is 0 Å². The summed E-state index contributed by atoms with van der Waals surface area (Å²) in [5, 5.41) is 20.7. The van der Waals surface area contributed by atoms with E-state index in [1.165, 1.54) is 34.9 Å². The first-order chi connectivity index (χ1) is 16.3. The third kappa shape index (κ3) is 4.62. The number of aliphatic imine (C=N–C) groups is 1. The first-order valence-corrected chi connectivity index (χ1v) is 11.1. The van der Waals surface area contributed by atoms with Crippen LogP contribution in [0.4, 0.5) is 11.4 Å². The molecule has 3 aromatic rings. The second-order valence-electron chi connectivity index (χ2n) is 7.37. The molecule has 0 saturated carbocycles. The van der Waals surface area contributed by atoms with Crippen LogP contribution in [-0.2, 0) is 4.79 Å². The summed E-state index contributed by atoms with van der Waals surface area (Å²) in [6.45, 7) is 3.91. The number of aromatic carboxylic acids is 1. The summed E-state index contributed by atoms with van der Waals surface area (Å²) in [6, 6.07) is 14.3. The van der Waals surface area contributed by atoms with E-state index in [0.717, 1.165) is 0 Å². The van der Waals surface area contributed by atoms with Gasteiger partial charge in [0.05, 0.1) is 21.1 Å². The Kier molecular flexibility index (Phi) is 6.33. The molecular formula is C24H19N3O6S. The Labute approximate surface area is 198 Å². The monoisotopic (exact) mass is 477 g/mol. The van der Waals surface area contributed by atoms with E-state index in [0.29, 0.717) is 45.0 Å². The van der Waals surface area contributed by atoms with Crippen LogP contribution in [0.5, 0.6) is 0 Å². The molecule has 9 nitrogen and oxygen atoms in total. The first kappa shape index (κ1) is 23.0. The smallest absolute Gasteiger partial charge is 0.335 e. The quantitative estimate of drug-likeness (QED) is 0.283. The molecule has 1 aromatic heterocycles. The highest BCUT2D eigenvalue weighted by atomic mass is 32.2. The van der Waals surface area contributed by atoms with E-state index in [2.05, 4.69) is 4.99 Å². The predicted molar refractivity (Wildman–Crippen MR) is 129 cm³/mol. The van der Waals surface area contributed by atoms with Crippen LogP contribution in [0.1, 0.15) is 28.6 Å². The average Bonchev–Trinajstić information content (AvgIpc) is 3.39. The molecule has 0 spiro atoms. The Bertz CT molecular complexity index is 1360. The molecule has 1 aliphatic heterocycles. The molecule has 1 aliphatic rings. The number of carbonyl (C=O) groups excluding carboxylic acids is 1. The summed E-state index contributed by atoms with van der Waals surface area (Å²) in [5.41, 5.74) is 1.81. The van der Waals surface area contributed by atoms with Gasteiger partial charge in [0, 0.05) is 29.8 Å². The summed E-state index contributed by atoms with van der Waals surface area (Å²) < 4.78 is 5.83. The van der Waals surface area contributed by atoms with Crippen molar-refractivity contribution in [3.63, 3.8) is 0 Å². The third-order valence-electron chi connectivity index (χ3n) is 5.13. The highest BCUT2D eigenvalue weighted by Crippen LogP contribution is 2.35. The topological polar surface area (TPSA) is 126 Å². The molecule has 172 valence electrons. The fourth-order valence-corrected chi connectivity index (χ4v) is 4.38. The molecule has 0 unspecified atom stereocenters. The maximum Gasteiger partial charge on any atom is 0.335 e. The molecule has 1 N–H and O–H groups in total. The van der Waals surface area contributed by atoms with Crippen molar-refractivity contribution in [2.75, 3.05) is 6.54 Å². The van der Waals surface area contributed by atoms with E-state index in [-0.39, 0.29) is 17.2 Å². The highest BCUT2D eigenvalue weighted by molar-refractivity contribution is 8.18. The SMILES string of the molecule is CCN1C(=O)/C(=C\c2ccc(-c3ccc(C)c([N+](=O)[O-])c3)o2)SC1=Nc1ccc(C(=O)O)cc1. The Morgan fingerprint density at radius 1 is 1.21 bits per heavy atom. The van der Waals surface area contributed by atoms with E-state index in [1.54, 1.807) is 49.4 Å². The van der Waals surface area contributed by atoms with Crippen molar-refractivity contribution < 1.29 is 24.0 Å². The van der Waals surface area contributed by atoms with Crippen LogP contribution >= 0.6 is 11.8 Å². The second-order valence-corrected chi connectivity index (χ2v) is 8.38. The summed E-state index contributed by atoms with van der Waals surface area (Å²) in [4.78, 5) is 41.1. The normalized spacial score (nSPS) is 15.9. The van der Waals surface area contributed by atoms with Crippen LogP contribution in [0.2, 0.25) is 0 Å². The maximum atomic E-state index is 12.9. The number of carboxylic acid groups (broad SMARTS) is 1. The van der Waals surface area contributed by atoms with E-state index in [9.17, 15) is 19.7 Å². The minimum Gasteiger partial charge on any atom is -0.478 e. The maximum absolute atomic E-state index is 12.9. The van der Waals surface area contributed by atoms with Crippen molar-refractivity contribution in [3.05, 3.63) is 86.5 Å². The number of benzene rings is 2. The summed E-state index contributed by atoms with van der Waals surface area (Å²) >= 11 is 1.19. The van der Waals surface area contributed by atoms with Crippen LogP contribution in [0.3, 0.4) is 0 Å². The van der Waals surface area contributed by atoms with Gasteiger partial charge in [0.2, 0.25) is 0 Å². The number of carboxylic acids is 1. The molecule has 0 atom stereocenters. The Balaban J connectivity index is 1.60.